The molecule has 19 heteroatoms. The first-order chi connectivity index (χ1) is 28.0. The molecule has 1 aromatic heterocycles. The number of hydrogen-bond acceptors (Lipinski definition) is 11. The number of fused-ring (bicyclic) bond motifs is 1. The Balaban J connectivity index is 0.946. The van der Waals surface area contributed by atoms with E-state index in [4.69, 9.17) is 0 Å². The molecule has 1 atom stereocenters. The summed E-state index contributed by atoms with van der Waals surface area (Å²) in [6.45, 7) is 0.981. The van der Waals surface area contributed by atoms with E-state index in [1.807, 2.05) is 4.90 Å². The summed E-state index contributed by atoms with van der Waals surface area (Å²) in [5, 5.41) is 11.0. The number of aromatic nitrogens is 1. The first-order valence-corrected chi connectivity index (χ1v) is 20.4. The third-order valence-corrected chi connectivity index (χ3v) is 11.7. The fourth-order valence-electron chi connectivity index (χ4n) is 7.29. The fourth-order valence-corrected chi connectivity index (χ4v) is 7.83. The Morgan fingerprint density at radius 1 is 0.932 bits per heavy atom. The number of nitrogens with one attached hydrogen (secondary N) is 4. The van der Waals surface area contributed by atoms with Gasteiger partial charge in [0.05, 0.1) is 34.3 Å². The highest BCUT2D eigenvalue weighted by Gasteiger charge is 2.45. The summed E-state index contributed by atoms with van der Waals surface area (Å²) < 4.78 is 67.2. The average molecular weight is 833 g/mol. The van der Waals surface area contributed by atoms with Crippen molar-refractivity contribution < 1.29 is 45.6 Å². The molecule has 308 valence electrons. The van der Waals surface area contributed by atoms with Crippen molar-refractivity contribution in [2.75, 3.05) is 46.2 Å². The maximum atomic E-state index is 14.0. The average Bonchev–Trinajstić information content (AvgIpc) is 3.44. The SMILES string of the molecule is CN(c1ccccc1CNc1cc(Nc2ccc(C(=O)NC3CCN(c4ccc5c(c4)C(=O)N(C4CCC(=O)NC4=O)C5=O)CC3)cc2)ncc1C(F)(F)F)S(C)(=O)=O. The summed E-state index contributed by atoms with van der Waals surface area (Å²) in [6, 6.07) is 17.8. The van der Waals surface area contributed by atoms with Gasteiger partial charge in [-0.3, -0.25) is 38.5 Å². The van der Waals surface area contributed by atoms with Gasteiger partial charge < -0.3 is 20.9 Å². The van der Waals surface area contributed by atoms with Gasteiger partial charge in [-0.1, -0.05) is 18.2 Å². The molecule has 7 rings (SSSR count). The van der Waals surface area contributed by atoms with E-state index in [1.54, 1.807) is 66.7 Å². The van der Waals surface area contributed by atoms with Crippen molar-refractivity contribution in [1.29, 1.82) is 0 Å². The molecule has 1 unspecified atom stereocenters. The Labute approximate surface area is 337 Å². The molecular weight excluding hydrogens is 794 g/mol. The van der Waals surface area contributed by atoms with Gasteiger partial charge in [-0.05, 0) is 73.4 Å². The Morgan fingerprint density at radius 3 is 2.31 bits per heavy atom. The molecule has 0 aliphatic carbocycles. The maximum Gasteiger partial charge on any atom is 0.419 e. The number of rotatable bonds is 11. The van der Waals surface area contributed by atoms with E-state index in [2.05, 4.69) is 26.3 Å². The Kier molecular flexibility index (Phi) is 11.1. The van der Waals surface area contributed by atoms with Gasteiger partial charge in [-0.15, -0.1) is 0 Å². The zero-order valence-electron chi connectivity index (χ0n) is 31.8. The van der Waals surface area contributed by atoms with Gasteiger partial charge in [0.2, 0.25) is 21.8 Å². The topological polar surface area (TPSA) is 190 Å². The lowest BCUT2D eigenvalue weighted by Crippen LogP contribution is -2.54. The summed E-state index contributed by atoms with van der Waals surface area (Å²) in [5.41, 5.74) is 1.41. The highest BCUT2D eigenvalue weighted by molar-refractivity contribution is 7.92. The smallest absolute Gasteiger partial charge is 0.380 e. The zero-order valence-corrected chi connectivity index (χ0v) is 32.6. The number of imide groups is 2. The first-order valence-electron chi connectivity index (χ1n) is 18.6. The number of carbonyl (C=O) groups excluding carboxylic acids is 5. The van der Waals surface area contributed by atoms with Crippen molar-refractivity contribution in [2.24, 2.45) is 0 Å². The predicted octanol–water partition coefficient (Wildman–Crippen LogP) is 4.65. The van der Waals surface area contributed by atoms with E-state index in [-0.39, 0.29) is 54.0 Å². The minimum Gasteiger partial charge on any atom is -0.380 e. The molecule has 5 amide bonds. The van der Waals surface area contributed by atoms with Crippen molar-refractivity contribution in [3.8, 4) is 0 Å². The number of anilines is 5. The maximum absolute atomic E-state index is 14.0. The van der Waals surface area contributed by atoms with Gasteiger partial charge in [0.15, 0.2) is 0 Å². The van der Waals surface area contributed by atoms with Crippen LogP contribution in [0.3, 0.4) is 0 Å². The number of piperidine rings is 2. The molecule has 0 spiro atoms. The van der Waals surface area contributed by atoms with Gasteiger partial charge in [-0.2, -0.15) is 13.2 Å². The van der Waals surface area contributed by atoms with Crippen molar-refractivity contribution in [3.05, 3.63) is 107 Å². The summed E-state index contributed by atoms with van der Waals surface area (Å²) in [4.78, 5) is 70.5. The molecule has 4 N–H and O–H groups in total. The van der Waals surface area contributed by atoms with Gasteiger partial charge in [0, 0.05) is 68.3 Å². The van der Waals surface area contributed by atoms with E-state index in [0.717, 1.165) is 21.1 Å². The lowest BCUT2D eigenvalue weighted by atomic mass is 10.0. The van der Waals surface area contributed by atoms with Gasteiger partial charge in [0.1, 0.15) is 11.9 Å². The Bertz CT molecular complexity index is 2460. The van der Waals surface area contributed by atoms with Crippen LogP contribution < -0.4 is 30.5 Å². The van der Waals surface area contributed by atoms with Crippen LogP contribution in [0.2, 0.25) is 0 Å². The number of alkyl halides is 3. The Morgan fingerprint density at radius 2 is 1.63 bits per heavy atom. The van der Waals surface area contributed by atoms with Crippen LogP contribution in [0.4, 0.5) is 41.7 Å². The molecule has 4 aromatic rings. The number of para-hydroxylation sites is 1. The van der Waals surface area contributed by atoms with E-state index in [0.29, 0.717) is 54.6 Å². The normalized spacial score (nSPS) is 17.4. The van der Waals surface area contributed by atoms with Crippen LogP contribution >= 0.6 is 0 Å². The van der Waals surface area contributed by atoms with Crippen molar-refractivity contribution in [3.63, 3.8) is 0 Å². The summed E-state index contributed by atoms with van der Waals surface area (Å²) in [5.74, 6) is -2.50. The van der Waals surface area contributed by atoms with E-state index in [1.165, 1.54) is 13.1 Å². The second-order valence-corrected chi connectivity index (χ2v) is 16.5. The van der Waals surface area contributed by atoms with Crippen LogP contribution in [0.15, 0.2) is 79.0 Å². The lowest BCUT2D eigenvalue weighted by molar-refractivity contribution is -0.137. The van der Waals surface area contributed by atoms with Crippen molar-refractivity contribution >= 4 is 68.1 Å². The number of amides is 5. The molecule has 3 aliphatic heterocycles. The monoisotopic (exact) mass is 832 g/mol. The molecule has 0 saturated carbocycles. The molecule has 3 aliphatic rings. The number of hydrogen-bond donors (Lipinski definition) is 4. The minimum absolute atomic E-state index is 0.0296. The third kappa shape index (κ3) is 8.69. The fraction of sp³-hybridized carbons (Fsp3) is 0.300. The zero-order chi connectivity index (χ0) is 42.2. The third-order valence-electron chi connectivity index (χ3n) is 10.5. The molecule has 59 heavy (non-hydrogen) atoms. The van der Waals surface area contributed by atoms with Crippen LogP contribution in [0.5, 0.6) is 0 Å². The second-order valence-electron chi connectivity index (χ2n) is 14.4. The predicted molar refractivity (Wildman–Crippen MR) is 212 cm³/mol. The van der Waals surface area contributed by atoms with Gasteiger partial charge in [0.25, 0.3) is 17.7 Å². The van der Waals surface area contributed by atoms with Crippen molar-refractivity contribution in [2.45, 2.75) is 50.5 Å². The van der Waals surface area contributed by atoms with E-state index < -0.39 is 51.4 Å². The molecule has 0 bridgehead atoms. The summed E-state index contributed by atoms with van der Waals surface area (Å²) in [6.07, 6.45) is -1.72. The standard InChI is InChI=1S/C40H39F3N8O7S/c1-49(59(2,57)58)32-6-4-3-5-24(32)21-44-31-20-34(45-22-30(31)40(41,42)43)46-25-9-7-23(8-10-25)36(53)47-26-15-17-50(18-16-26)27-11-12-28-29(19-27)39(56)51(38(28)55)33-13-14-35(52)48-37(33)54/h3-12,19-20,22,26,33H,13-18,21H2,1-2H3,(H,47,53)(H2,44,45,46)(H,48,52,54). The van der Waals surface area contributed by atoms with Gasteiger partial charge in [-0.25, -0.2) is 13.4 Å². The van der Waals surface area contributed by atoms with Crippen LogP contribution in [-0.2, 0) is 32.3 Å². The van der Waals surface area contributed by atoms with Crippen LogP contribution in [0, 0.1) is 0 Å². The van der Waals surface area contributed by atoms with Crippen LogP contribution in [-0.4, -0.2) is 86.3 Å². The highest BCUT2D eigenvalue weighted by Crippen LogP contribution is 2.37. The largest absolute Gasteiger partial charge is 0.419 e. The van der Waals surface area contributed by atoms with Crippen LogP contribution in [0.1, 0.15) is 67.9 Å². The quantitative estimate of drug-likeness (QED) is 0.154. The van der Waals surface area contributed by atoms with E-state index >= 15 is 0 Å². The number of nitrogens with zero attached hydrogens (tertiary/aromatic N) is 4. The number of pyridine rings is 1. The minimum atomic E-state index is -4.73. The Hall–Kier alpha value is -6.50. The lowest BCUT2D eigenvalue weighted by Gasteiger charge is -2.34. The van der Waals surface area contributed by atoms with E-state index in [9.17, 15) is 45.6 Å². The first kappa shape index (κ1) is 40.7. The molecule has 15 nitrogen and oxygen atoms in total. The molecule has 2 saturated heterocycles. The van der Waals surface area contributed by atoms with Crippen LogP contribution in [0.25, 0.3) is 0 Å². The molecule has 2 fully saturated rings. The molecule has 4 heterocycles. The molecule has 3 aromatic carbocycles. The second kappa shape index (κ2) is 16.0. The van der Waals surface area contributed by atoms with Gasteiger partial charge >= 0.3 is 6.18 Å². The molecular formula is C40H39F3N8O7S. The summed E-state index contributed by atoms with van der Waals surface area (Å²) in [7, 11) is -2.26. The number of sulfonamides is 1. The number of benzene rings is 3. The number of halogens is 3. The number of carbonyl (C=O) groups is 5. The highest BCUT2D eigenvalue weighted by atomic mass is 32.2. The van der Waals surface area contributed by atoms with Crippen molar-refractivity contribution in [1.82, 2.24) is 20.5 Å². The summed E-state index contributed by atoms with van der Waals surface area (Å²) >= 11 is 0. The molecule has 0 radical (unpaired) electrons.